The van der Waals surface area contributed by atoms with Crippen LogP contribution in [-0.4, -0.2) is 16.2 Å². The molecule has 1 fully saturated rings. The van der Waals surface area contributed by atoms with Crippen molar-refractivity contribution < 1.29 is 15.0 Å². The predicted molar refractivity (Wildman–Crippen MR) is 44.9 cm³/mol. The summed E-state index contributed by atoms with van der Waals surface area (Å²) in [7, 11) is 0. The van der Waals surface area contributed by atoms with E-state index in [9.17, 15) is 4.79 Å². The number of carboxylic acid groups (broad SMARTS) is 1. The third kappa shape index (κ3) is 2.57. The lowest BCUT2D eigenvalue weighted by Crippen LogP contribution is -2.07. The van der Waals surface area contributed by atoms with Crippen LogP contribution in [0.5, 0.6) is 0 Å². The Morgan fingerprint density at radius 3 is 2.25 bits per heavy atom. The Labute approximate surface area is 71.7 Å². The minimum atomic E-state index is -1.22. The van der Waals surface area contributed by atoms with Gasteiger partial charge >= 0.3 is 5.97 Å². The van der Waals surface area contributed by atoms with Crippen LogP contribution in [0.3, 0.4) is 0 Å². The molecular formula is C9H14O3. The quantitative estimate of drug-likeness (QED) is 0.492. The van der Waals surface area contributed by atoms with Crippen LogP contribution in [0.4, 0.5) is 0 Å². The predicted octanol–water partition coefficient (Wildman–Crippen LogP) is 2.09. The molecule has 0 aromatic rings. The zero-order chi connectivity index (χ0) is 8.97. The standard InChI is InChI=1S/C9H14O3/c10-8(9(11)12)6-7-4-2-1-3-5-7/h6-7,10H,1-5H2,(H,11,12). The summed E-state index contributed by atoms with van der Waals surface area (Å²) in [5, 5.41) is 17.3. The van der Waals surface area contributed by atoms with E-state index in [0.29, 0.717) is 0 Å². The smallest absolute Gasteiger partial charge is 0.370 e. The van der Waals surface area contributed by atoms with Crippen LogP contribution in [-0.2, 0) is 4.79 Å². The van der Waals surface area contributed by atoms with Gasteiger partial charge < -0.3 is 10.2 Å². The minimum Gasteiger partial charge on any atom is -0.502 e. The molecule has 0 spiro atoms. The molecule has 68 valence electrons. The van der Waals surface area contributed by atoms with Gasteiger partial charge in [0.25, 0.3) is 0 Å². The molecule has 0 aliphatic heterocycles. The highest BCUT2D eigenvalue weighted by Crippen LogP contribution is 2.25. The van der Waals surface area contributed by atoms with E-state index in [4.69, 9.17) is 10.2 Å². The molecular weight excluding hydrogens is 156 g/mol. The second-order valence-corrected chi connectivity index (χ2v) is 3.26. The minimum absolute atomic E-state index is 0.273. The zero-order valence-electron chi connectivity index (χ0n) is 6.99. The second-order valence-electron chi connectivity index (χ2n) is 3.26. The van der Waals surface area contributed by atoms with Crippen molar-refractivity contribution in [1.82, 2.24) is 0 Å². The van der Waals surface area contributed by atoms with Crippen molar-refractivity contribution in [2.75, 3.05) is 0 Å². The first-order valence-electron chi connectivity index (χ1n) is 4.34. The fourth-order valence-electron chi connectivity index (χ4n) is 1.60. The van der Waals surface area contributed by atoms with Crippen LogP contribution in [0.25, 0.3) is 0 Å². The number of rotatable bonds is 2. The molecule has 0 aromatic heterocycles. The second kappa shape index (κ2) is 4.14. The van der Waals surface area contributed by atoms with Gasteiger partial charge in [0.1, 0.15) is 0 Å². The normalized spacial score (nSPS) is 20.8. The summed E-state index contributed by atoms with van der Waals surface area (Å²) in [5.74, 6) is -1.45. The lowest BCUT2D eigenvalue weighted by molar-refractivity contribution is -0.135. The van der Waals surface area contributed by atoms with Gasteiger partial charge in [0.2, 0.25) is 0 Å². The Morgan fingerprint density at radius 2 is 1.75 bits per heavy atom. The van der Waals surface area contributed by atoms with Crippen molar-refractivity contribution in [3.8, 4) is 0 Å². The van der Waals surface area contributed by atoms with E-state index in [2.05, 4.69) is 0 Å². The van der Waals surface area contributed by atoms with E-state index in [1.165, 1.54) is 12.5 Å². The number of aliphatic hydroxyl groups is 1. The first-order chi connectivity index (χ1) is 5.70. The molecule has 0 radical (unpaired) electrons. The van der Waals surface area contributed by atoms with Crippen LogP contribution in [0.2, 0.25) is 0 Å². The molecule has 0 saturated heterocycles. The zero-order valence-corrected chi connectivity index (χ0v) is 6.99. The lowest BCUT2D eigenvalue weighted by Gasteiger charge is -2.17. The maximum Gasteiger partial charge on any atom is 0.370 e. The SMILES string of the molecule is O=C(O)C(O)=CC1CCCCC1. The number of carbonyl (C=O) groups is 1. The van der Waals surface area contributed by atoms with Crippen molar-refractivity contribution in [2.24, 2.45) is 5.92 Å². The molecule has 2 N–H and O–H groups in total. The van der Waals surface area contributed by atoms with E-state index in [1.54, 1.807) is 0 Å². The molecule has 1 aliphatic rings. The van der Waals surface area contributed by atoms with Gasteiger partial charge in [0, 0.05) is 0 Å². The lowest BCUT2D eigenvalue weighted by atomic mass is 9.89. The molecule has 3 nitrogen and oxygen atoms in total. The van der Waals surface area contributed by atoms with Crippen molar-refractivity contribution in [1.29, 1.82) is 0 Å². The number of hydrogen-bond donors (Lipinski definition) is 2. The summed E-state index contributed by atoms with van der Waals surface area (Å²) < 4.78 is 0. The van der Waals surface area contributed by atoms with Gasteiger partial charge in [0.15, 0.2) is 5.76 Å². The van der Waals surface area contributed by atoms with Gasteiger partial charge in [0.05, 0.1) is 0 Å². The fraction of sp³-hybridized carbons (Fsp3) is 0.667. The molecule has 0 bridgehead atoms. The van der Waals surface area contributed by atoms with Crippen LogP contribution >= 0.6 is 0 Å². The number of allylic oxidation sites excluding steroid dienone is 1. The summed E-state index contributed by atoms with van der Waals surface area (Å²) in [6, 6.07) is 0. The van der Waals surface area contributed by atoms with Crippen LogP contribution in [0.15, 0.2) is 11.8 Å². The molecule has 1 aliphatic carbocycles. The first-order valence-corrected chi connectivity index (χ1v) is 4.34. The van der Waals surface area contributed by atoms with Crippen molar-refractivity contribution in [3.05, 3.63) is 11.8 Å². The largest absolute Gasteiger partial charge is 0.502 e. The Morgan fingerprint density at radius 1 is 1.17 bits per heavy atom. The third-order valence-electron chi connectivity index (χ3n) is 2.26. The van der Waals surface area contributed by atoms with Crippen LogP contribution < -0.4 is 0 Å². The third-order valence-corrected chi connectivity index (χ3v) is 2.26. The average Bonchev–Trinajstić information content (AvgIpc) is 2.06. The summed E-state index contributed by atoms with van der Waals surface area (Å²) >= 11 is 0. The monoisotopic (exact) mass is 170 g/mol. The maximum absolute atomic E-state index is 10.3. The molecule has 3 heteroatoms. The van der Waals surface area contributed by atoms with Gasteiger partial charge in [-0.05, 0) is 24.8 Å². The van der Waals surface area contributed by atoms with E-state index in [-0.39, 0.29) is 5.92 Å². The number of hydrogen-bond acceptors (Lipinski definition) is 2. The summed E-state index contributed by atoms with van der Waals surface area (Å²) in [6.07, 6.45) is 7.02. The molecule has 0 heterocycles. The molecule has 1 saturated carbocycles. The van der Waals surface area contributed by atoms with Gasteiger partial charge in [-0.25, -0.2) is 4.79 Å². The molecule has 0 amide bonds. The number of aliphatic hydroxyl groups excluding tert-OH is 1. The molecule has 0 unspecified atom stereocenters. The number of carboxylic acids is 1. The topological polar surface area (TPSA) is 57.5 Å². The van der Waals surface area contributed by atoms with Crippen molar-refractivity contribution in [2.45, 2.75) is 32.1 Å². The Kier molecular flexibility index (Phi) is 3.14. The highest BCUT2D eigenvalue weighted by Gasteiger charge is 2.13. The van der Waals surface area contributed by atoms with Gasteiger partial charge in [-0.2, -0.15) is 0 Å². The van der Waals surface area contributed by atoms with Crippen molar-refractivity contribution in [3.63, 3.8) is 0 Å². The van der Waals surface area contributed by atoms with Gasteiger partial charge in [-0.3, -0.25) is 0 Å². The molecule has 0 atom stereocenters. The van der Waals surface area contributed by atoms with E-state index < -0.39 is 11.7 Å². The van der Waals surface area contributed by atoms with E-state index in [1.807, 2.05) is 0 Å². The Balaban J connectivity index is 2.47. The Bertz CT molecular complexity index is 190. The number of aliphatic carboxylic acids is 1. The Hall–Kier alpha value is -0.990. The molecule has 1 rings (SSSR count). The summed E-state index contributed by atoms with van der Waals surface area (Å²) in [4.78, 5) is 10.3. The van der Waals surface area contributed by atoms with E-state index >= 15 is 0 Å². The summed E-state index contributed by atoms with van der Waals surface area (Å²) in [6.45, 7) is 0. The van der Waals surface area contributed by atoms with Gasteiger partial charge in [-0.15, -0.1) is 0 Å². The highest BCUT2D eigenvalue weighted by molar-refractivity contribution is 5.83. The van der Waals surface area contributed by atoms with Crippen molar-refractivity contribution >= 4 is 5.97 Å². The molecule has 12 heavy (non-hydrogen) atoms. The average molecular weight is 170 g/mol. The fourth-order valence-corrected chi connectivity index (χ4v) is 1.60. The van der Waals surface area contributed by atoms with Crippen LogP contribution in [0.1, 0.15) is 32.1 Å². The highest BCUT2D eigenvalue weighted by atomic mass is 16.4. The first kappa shape index (κ1) is 9.10. The van der Waals surface area contributed by atoms with Gasteiger partial charge in [-0.1, -0.05) is 19.3 Å². The summed E-state index contributed by atoms with van der Waals surface area (Å²) in [5.41, 5.74) is 0. The van der Waals surface area contributed by atoms with E-state index in [0.717, 1.165) is 25.7 Å². The van der Waals surface area contributed by atoms with Crippen LogP contribution in [0, 0.1) is 5.92 Å². The maximum atomic E-state index is 10.3. The molecule has 0 aromatic carbocycles.